The first-order valence-corrected chi connectivity index (χ1v) is 4.35. The summed E-state index contributed by atoms with van der Waals surface area (Å²) in [6, 6.07) is 1.73. The van der Waals surface area contributed by atoms with Gasteiger partial charge < -0.3 is 0 Å². The second kappa shape index (κ2) is 2.98. The monoisotopic (exact) mass is 190 g/mol. The van der Waals surface area contributed by atoms with Crippen molar-refractivity contribution in [3.05, 3.63) is 11.6 Å². The predicted octanol–water partition coefficient (Wildman–Crippen LogP) is 2.53. The fourth-order valence-corrected chi connectivity index (χ4v) is 2.44. The molecule has 0 bridgehead atoms. The van der Waals surface area contributed by atoms with Crippen molar-refractivity contribution >= 4 is 42.4 Å². The van der Waals surface area contributed by atoms with Gasteiger partial charge >= 0.3 is 0 Å². The van der Waals surface area contributed by atoms with Crippen molar-refractivity contribution in [3.63, 3.8) is 0 Å². The summed E-state index contributed by atoms with van der Waals surface area (Å²) in [5.74, 6) is 0.0431. The lowest BCUT2D eigenvalue weighted by atomic mass is 10.2. The van der Waals surface area contributed by atoms with E-state index in [2.05, 4.69) is 25.3 Å². The summed E-state index contributed by atoms with van der Waals surface area (Å²) in [6.07, 6.45) is 0. The maximum atomic E-state index is 10.8. The zero-order valence-electron chi connectivity index (χ0n) is 5.29. The molecule has 0 fully saturated rings. The molecule has 10 heavy (non-hydrogen) atoms. The second-order valence-corrected chi connectivity index (χ2v) is 4.45. The standard InChI is InChI=1S/C6H6OS3/c1-3(7)4-2-5(8)10-6(4)9/h2,8-9H,1H3. The minimum Gasteiger partial charge on any atom is -0.294 e. The molecule has 0 aliphatic rings. The molecule has 1 aromatic rings. The molecule has 1 aromatic heterocycles. The molecule has 0 atom stereocenters. The van der Waals surface area contributed by atoms with Crippen molar-refractivity contribution in [1.82, 2.24) is 0 Å². The van der Waals surface area contributed by atoms with E-state index in [1.54, 1.807) is 6.07 Å². The van der Waals surface area contributed by atoms with Crippen LogP contribution < -0.4 is 0 Å². The molecule has 0 radical (unpaired) electrons. The Kier molecular flexibility index (Phi) is 2.44. The lowest BCUT2D eigenvalue weighted by Crippen LogP contribution is -1.87. The topological polar surface area (TPSA) is 17.1 Å². The van der Waals surface area contributed by atoms with Crippen molar-refractivity contribution in [1.29, 1.82) is 0 Å². The van der Waals surface area contributed by atoms with Crippen LogP contribution in [0.5, 0.6) is 0 Å². The highest BCUT2D eigenvalue weighted by molar-refractivity contribution is 7.85. The number of thiol groups is 2. The summed E-state index contributed by atoms with van der Waals surface area (Å²) >= 11 is 9.60. The Hall–Kier alpha value is 0.0700. The Morgan fingerprint density at radius 2 is 2.20 bits per heavy atom. The van der Waals surface area contributed by atoms with Crippen LogP contribution >= 0.6 is 36.6 Å². The maximum absolute atomic E-state index is 10.8. The van der Waals surface area contributed by atoms with Crippen molar-refractivity contribution in [2.24, 2.45) is 0 Å². The van der Waals surface area contributed by atoms with Crippen LogP contribution in [-0.4, -0.2) is 5.78 Å². The third kappa shape index (κ3) is 1.56. The average molecular weight is 190 g/mol. The second-order valence-electron chi connectivity index (χ2n) is 1.86. The van der Waals surface area contributed by atoms with Gasteiger partial charge in [-0.25, -0.2) is 0 Å². The van der Waals surface area contributed by atoms with Crippen molar-refractivity contribution in [2.75, 3.05) is 0 Å². The number of rotatable bonds is 1. The normalized spacial score (nSPS) is 9.90. The fourth-order valence-electron chi connectivity index (χ4n) is 0.621. The van der Waals surface area contributed by atoms with Crippen LogP contribution in [0.25, 0.3) is 0 Å². The van der Waals surface area contributed by atoms with E-state index in [0.717, 1.165) is 8.42 Å². The van der Waals surface area contributed by atoms with Crippen molar-refractivity contribution in [3.8, 4) is 0 Å². The minimum absolute atomic E-state index is 0.0431. The molecule has 4 heteroatoms. The molecule has 0 amide bonds. The van der Waals surface area contributed by atoms with Gasteiger partial charge in [-0.1, -0.05) is 0 Å². The van der Waals surface area contributed by atoms with E-state index in [-0.39, 0.29) is 5.78 Å². The third-order valence-electron chi connectivity index (χ3n) is 1.08. The SMILES string of the molecule is CC(=O)c1cc(S)sc1S. The summed E-state index contributed by atoms with van der Waals surface area (Å²) < 4.78 is 1.58. The molecule has 0 aliphatic heterocycles. The number of carbonyl (C=O) groups is 1. The van der Waals surface area contributed by atoms with Crippen LogP contribution in [0, 0.1) is 0 Å². The molecule has 0 N–H and O–H groups in total. The van der Waals surface area contributed by atoms with E-state index in [4.69, 9.17) is 0 Å². The highest BCUT2D eigenvalue weighted by Gasteiger charge is 2.07. The van der Waals surface area contributed by atoms with Crippen molar-refractivity contribution < 1.29 is 4.79 Å². The van der Waals surface area contributed by atoms with Gasteiger partial charge in [-0.15, -0.1) is 36.6 Å². The fraction of sp³-hybridized carbons (Fsp3) is 0.167. The lowest BCUT2D eigenvalue weighted by Gasteiger charge is -1.86. The summed E-state index contributed by atoms with van der Waals surface area (Å²) in [4.78, 5) is 10.8. The van der Waals surface area contributed by atoms with E-state index in [1.807, 2.05) is 0 Å². The molecule has 54 valence electrons. The van der Waals surface area contributed by atoms with Gasteiger partial charge in [0.25, 0.3) is 0 Å². The van der Waals surface area contributed by atoms with Gasteiger partial charge in [-0.3, -0.25) is 4.79 Å². The van der Waals surface area contributed by atoms with Crippen LogP contribution in [0.4, 0.5) is 0 Å². The summed E-state index contributed by atoms with van der Waals surface area (Å²) in [6.45, 7) is 1.52. The highest BCUT2D eigenvalue weighted by Crippen LogP contribution is 2.28. The van der Waals surface area contributed by atoms with E-state index in [0.29, 0.717) is 5.56 Å². The molecule has 0 saturated heterocycles. The Balaban J connectivity index is 3.15. The number of carbonyl (C=O) groups excluding carboxylic acids is 1. The van der Waals surface area contributed by atoms with Crippen LogP contribution in [0.15, 0.2) is 14.5 Å². The number of hydrogen-bond donors (Lipinski definition) is 2. The molecule has 1 nitrogen and oxygen atoms in total. The first kappa shape index (κ1) is 8.17. The summed E-state index contributed by atoms with van der Waals surface area (Å²) in [5, 5.41) is 0. The first-order chi connectivity index (χ1) is 4.61. The third-order valence-corrected chi connectivity index (χ3v) is 2.74. The minimum atomic E-state index is 0.0431. The maximum Gasteiger partial charge on any atom is 0.161 e. The van der Waals surface area contributed by atoms with Gasteiger partial charge in [0.1, 0.15) is 0 Å². The van der Waals surface area contributed by atoms with E-state index >= 15 is 0 Å². The molecule has 1 rings (SSSR count). The molecule has 0 aliphatic carbocycles. The van der Waals surface area contributed by atoms with E-state index < -0.39 is 0 Å². The van der Waals surface area contributed by atoms with Crippen molar-refractivity contribution in [2.45, 2.75) is 15.3 Å². The molecule has 0 unspecified atom stereocenters. The predicted molar refractivity (Wildman–Crippen MR) is 48.8 cm³/mol. The van der Waals surface area contributed by atoms with Gasteiger partial charge in [0.2, 0.25) is 0 Å². The quantitative estimate of drug-likeness (QED) is 0.514. The summed E-state index contributed by atoms with van der Waals surface area (Å²) in [7, 11) is 0. The highest BCUT2D eigenvalue weighted by atomic mass is 32.2. The lowest BCUT2D eigenvalue weighted by molar-refractivity contribution is 0.101. The first-order valence-electron chi connectivity index (χ1n) is 2.64. The van der Waals surface area contributed by atoms with Gasteiger partial charge in [0.05, 0.1) is 8.42 Å². The Labute approximate surface area is 74.3 Å². The van der Waals surface area contributed by atoms with E-state index in [1.165, 1.54) is 18.3 Å². The molecule has 0 saturated carbocycles. The molecule has 1 heterocycles. The summed E-state index contributed by atoms with van der Waals surface area (Å²) in [5.41, 5.74) is 0.665. The zero-order valence-corrected chi connectivity index (χ0v) is 7.89. The number of ketones is 1. The number of thiophene rings is 1. The Bertz CT molecular complexity index is 264. The largest absolute Gasteiger partial charge is 0.294 e. The van der Waals surface area contributed by atoms with Gasteiger partial charge in [-0.05, 0) is 13.0 Å². The molecule has 0 spiro atoms. The smallest absolute Gasteiger partial charge is 0.161 e. The molecular weight excluding hydrogens is 184 g/mol. The van der Waals surface area contributed by atoms with Crippen LogP contribution in [-0.2, 0) is 0 Å². The average Bonchev–Trinajstić information content (AvgIpc) is 2.10. The van der Waals surface area contributed by atoms with Crippen LogP contribution in [0.2, 0.25) is 0 Å². The Morgan fingerprint density at radius 1 is 1.60 bits per heavy atom. The van der Waals surface area contributed by atoms with Crippen LogP contribution in [0.3, 0.4) is 0 Å². The number of hydrogen-bond acceptors (Lipinski definition) is 4. The van der Waals surface area contributed by atoms with E-state index in [9.17, 15) is 4.79 Å². The zero-order chi connectivity index (χ0) is 7.72. The Morgan fingerprint density at radius 3 is 2.40 bits per heavy atom. The molecular formula is C6H6OS3. The number of Topliss-reactive ketones (excluding diaryl/α,β-unsaturated/α-hetero) is 1. The molecule has 0 aromatic carbocycles. The van der Waals surface area contributed by atoms with Gasteiger partial charge in [-0.2, -0.15) is 0 Å². The van der Waals surface area contributed by atoms with Gasteiger partial charge in [0.15, 0.2) is 5.78 Å². The van der Waals surface area contributed by atoms with Gasteiger partial charge in [0, 0.05) is 5.56 Å². The van der Waals surface area contributed by atoms with Crippen LogP contribution in [0.1, 0.15) is 17.3 Å².